The van der Waals surface area contributed by atoms with E-state index in [2.05, 4.69) is 15.4 Å². The van der Waals surface area contributed by atoms with E-state index >= 15 is 0 Å². The van der Waals surface area contributed by atoms with Gasteiger partial charge in [0, 0.05) is 24.2 Å². The Balaban J connectivity index is 1.64. The molecule has 1 amide bonds. The number of fused-ring (bicyclic) bond motifs is 1. The van der Waals surface area contributed by atoms with Crippen molar-refractivity contribution in [3.05, 3.63) is 83.2 Å². The number of ether oxygens (including phenoxy) is 2. The van der Waals surface area contributed by atoms with Gasteiger partial charge in [-0.25, -0.2) is 9.78 Å². The van der Waals surface area contributed by atoms with Gasteiger partial charge in [0.15, 0.2) is 5.65 Å². The minimum absolute atomic E-state index is 0.237. The summed E-state index contributed by atoms with van der Waals surface area (Å²) in [4.78, 5) is 30.6. The number of esters is 1. The van der Waals surface area contributed by atoms with Crippen LogP contribution in [0.3, 0.4) is 0 Å². The molecule has 1 N–H and O–H groups in total. The molecular weight excluding hydrogens is 420 g/mol. The number of aryl methyl sites for hydroxylation is 3. The van der Waals surface area contributed by atoms with E-state index in [1.165, 1.54) is 13.3 Å². The second-order valence-electron chi connectivity index (χ2n) is 7.69. The molecule has 0 saturated carbocycles. The fraction of sp³-hybridized carbons (Fsp3) is 0.200. The number of carbonyl (C=O) groups is 2. The third-order valence-corrected chi connectivity index (χ3v) is 5.28. The van der Waals surface area contributed by atoms with Gasteiger partial charge in [0.05, 0.1) is 24.1 Å². The number of rotatable bonds is 6. The Morgan fingerprint density at radius 1 is 1.06 bits per heavy atom. The Kier molecular flexibility index (Phi) is 6.08. The number of methoxy groups -OCH3 is 1. The van der Waals surface area contributed by atoms with Crippen LogP contribution in [-0.2, 0) is 16.6 Å². The average molecular weight is 444 g/mol. The van der Waals surface area contributed by atoms with Crippen molar-refractivity contribution < 1.29 is 19.1 Å². The monoisotopic (exact) mass is 444 g/mol. The molecule has 0 aliphatic rings. The predicted molar refractivity (Wildman–Crippen MR) is 124 cm³/mol. The van der Waals surface area contributed by atoms with Gasteiger partial charge >= 0.3 is 5.97 Å². The largest absolute Gasteiger partial charge is 0.495 e. The number of aromatic nitrogens is 3. The lowest BCUT2D eigenvalue weighted by Crippen LogP contribution is -2.26. The normalized spacial score (nSPS) is 11.8. The summed E-state index contributed by atoms with van der Waals surface area (Å²) < 4.78 is 12.7. The molecule has 2 aromatic carbocycles. The van der Waals surface area contributed by atoms with Gasteiger partial charge in [-0.3, -0.25) is 9.48 Å². The second-order valence-corrected chi connectivity index (χ2v) is 7.69. The summed E-state index contributed by atoms with van der Waals surface area (Å²) in [6.45, 7) is 3.75. The molecule has 33 heavy (non-hydrogen) atoms. The maximum Gasteiger partial charge on any atom is 0.340 e. The van der Waals surface area contributed by atoms with E-state index in [4.69, 9.17) is 9.47 Å². The van der Waals surface area contributed by atoms with Crippen molar-refractivity contribution in [2.75, 3.05) is 12.4 Å². The number of pyridine rings is 1. The summed E-state index contributed by atoms with van der Waals surface area (Å²) in [6, 6.07) is 16.0. The summed E-state index contributed by atoms with van der Waals surface area (Å²) in [5.74, 6) is -0.647. The van der Waals surface area contributed by atoms with Crippen LogP contribution in [0.4, 0.5) is 5.69 Å². The summed E-state index contributed by atoms with van der Waals surface area (Å²) in [6.07, 6.45) is 0.254. The van der Waals surface area contributed by atoms with Crippen LogP contribution in [-0.4, -0.2) is 33.8 Å². The highest BCUT2D eigenvalue weighted by atomic mass is 16.5. The van der Waals surface area contributed by atoms with Gasteiger partial charge < -0.3 is 14.8 Å². The first-order valence-corrected chi connectivity index (χ1v) is 10.4. The summed E-state index contributed by atoms with van der Waals surface area (Å²) in [7, 11) is 3.31. The third-order valence-electron chi connectivity index (χ3n) is 5.28. The van der Waals surface area contributed by atoms with Gasteiger partial charge in [-0.05, 0) is 37.6 Å². The third kappa shape index (κ3) is 4.55. The van der Waals surface area contributed by atoms with E-state index in [1.807, 2.05) is 26.0 Å². The zero-order chi connectivity index (χ0) is 23.5. The topological polar surface area (TPSA) is 95.3 Å². The standard InChI is InChI=1S/C25H24N4O4/c1-15-10-11-21(32-4)20(12-15)27-24(30)22(17-8-6-5-7-9-17)33-25(31)18-13-19-16(2)28-29(3)23(19)26-14-18/h5-14,22H,1-4H3,(H,27,30). The zero-order valence-electron chi connectivity index (χ0n) is 18.8. The van der Waals surface area contributed by atoms with E-state index in [0.29, 0.717) is 22.6 Å². The molecule has 0 bridgehead atoms. The Morgan fingerprint density at radius 3 is 2.55 bits per heavy atom. The Bertz CT molecular complexity index is 1330. The predicted octanol–water partition coefficient (Wildman–Crippen LogP) is 4.13. The molecule has 0 radical (unpaired) electrons. The van der Waals surface area contributed by atoms with Crippen LogP contribution in [0.5, 0.6) is 5.75 Å². The van der Waals surface area contributed by atoms with Crippen LogP contribution < -0.4 is 10.1 Å². The fourth-order valence-electron chi connectivity index (χ4n) is 3.61. The fourth-order valence-corrected chi connectivity index (χ4v) is 3.61. The van der Waals surface area contributed by atoms with E-state index in [-0.39, 0.29) is 5.56 Å². The molecule has 8 nitrogen and oxygen atoms in total. The zero-order valence-corrected chi connectivity index (χ0v) is 18.8. The molecule has 0 saturated heterocycles. The number of amides is 1. The van der Waals surface area contributed by atoms with E-state index < -0.39 is 18.0 Å². The van der Waals surface area contributed by atoms with Crippen LogP contribution in [0, 0.1) is 13.8 Å². The van der Waals surface area contributed by atoms with Gasteiger partial charge in [0.2, 0.25) is 6.10 Å². The lowest BCUT2D eigenvalue weighted by atomic mass is 10.1. The first-order valence-electron chi connectivity index (χ1n) is 10.4. The molecule has 2 heterocycles. The van der Waals surface area contributed by atoms with Gasteiger partial charge in [-0.15, -0.1) is 0 Å². The van der Waals surface area contributed by atoms with E-state index in [0.717, 1.165) is 16.6 Å². The molecule has 0 fully saturated rings. The van der Waals surface area contributed by atoms with Crippen LogP contribution in [0.2, 0.25) is 0 Å². The second kappa shape index (κ2) is 9.12. The Labute approximate surface area is 191 Å². The van der Waals surface area contributed by atoms with Crippen molar-refractivity contribution in [2.45, 2.75) is 20.0 Å². The quantitative estimate of drug-likeness (QED) is 0.449. The molecule has 0 aliphatic carbocycles. The minimum Gasteiger partial charge on any atom is -0.495 e. The number of carbonyl (C=O) groups excluding carboxylic acids is 2. The maximum atomic E-state index is 13.3. The number of anilines is 1. The first-order chi connectivity index (χ1) is 15.9. The van der Waals surface area contributed by atoms with E-state index in [9.17, 15) is 9.59 Å². The highest BCUT2D eigenvalue weighted by Gasteiger charge is 2.27. The summed E-state index contributed by atoms with van der Waals surface area (Å²) in [5, 5.41) is 7.90. The van der Waals surface area contributed by atoms with Crippen molar-refractivity contribution in [3.63, 3.8) is 0 Å². The maximum absolute atomic E-state index is 13.3. The molecule has 0 aliphatic heterocycles. The number of hydrogen-bond acceptors (Lipinski definition) is 6. The number of benzene rings is 2. The molecule has 168 valence electrons. The smallest absolute Gasteiger partial charge is 0.340 e. The van der Waals surface area contributed by atoms with Crippen LogP contribution in [0.15, 0.2) is 60.8 Å². The molecule has 4 rings (SSSR count). The van der Waals surface area contributed by atoms with Gasteiger partial charge in [-0.1, -0.05) is 36.4 Å². The first kappa shape index (κ1) is 22.0. The molecular formula is C25H24N4O4. The van der Waals surface area contributed by atoms with Gasteiger partial charge in [0.25, 0.3) is 5.91 Å². The highest BCUT2D eigenvalue weighted by molar-refractivity contribution is 6.00. The van der Waals surface area contributed by atoms with Gasteiger partial charge in [-0.2, -0.15) is 5.10 Å². The Hall–Kier alpha value is -4.20. The molecule has 1 atom stereocenters. The van der Waals surface area contributed by atoms with Crippen molar-refractivity contribution in [2.24, 2.45) is 7.05 Å². The minimum atomic E-state index is -1.17. The summed E-state index contributed by atoms with van der Waals surface area (Å²) in [5.41, 5.74) is 3.63. The van der Waals surface area contributed by atoms with Crippen LogP contribution >= 0.6 is 0 Å². The molecule has 8 heteroatoms. The lowest BCUT2D eigenvalue weighted by molar-refractivity contribution is -0.125. The van der Waals surface area contributed by atoms with E-state index in [1.54, 1.807) is 54.2 Å². The molecule has 0 spiro atoms. The van der Waals surface area contributed by atoms with Crippen LogP contribution in [0.1, 0.15) is 33.3 Å². The average Bonchev–Trinajstić information content (AvgIpc) is 3.10. The molecule has 2 aromatic heterocycles. The SMILES string of the molecule is COc1ccc(C)cc1NC(=O)C(OC(=O)c1cnc2c(c1)c(C)nn2C)c1ccccc1. The van der Waals surface area contributed by atoms with Crippen molar-refractivity contribution >= 4 is 28.6 Å². The molecule has 4 aromatic rings. The summed E-state index contributed by atoms with van der Waals surface area (Å²) >= 11 is 0. The highest BCUT2D eigenvalue weighted by Crippen LogP contribution is 2.28. The van der Waals surface area contributed by atoms with Crippen molar-refractivity contribution in [3.8, 4) is 5.75 Å². The molecule has 1 unspecified atom stereocenters. The van der Waals surface area contributed by atoms with Crippen molar-refractivity contribution in [1.82, 2.24) is 14.8 Å². The van der Waals surface area contributed by atoms with Gasteiger partial charge in [0.1, 0.15) is 5.75 Å². The number of nitrogens with zero attached hydrogens (tertiary/aromatic N) is 3. The Morgan fingerprint density at radius 2 is 1.82 bits per heavy atom. The number of nitrogens with one attached hydrogen (secondary N) is 1. The van der Waals surface area contributed by atoms with Crippen LogP contribution in [0.25, 0.3) is 11.0 Å². The lowest BCUT2D eigenvalue weighted by Gasteiger charge is -2.19. The van der Waals surface area contributed by atoms with Crippen molar-refractivity contribution in [1.29, 1.82) is 0 Å². The number of hydrogen-bond donors (Lipinski definition) is 1.